The minimum atomic E-state index is -0.156. The number of nitrogens with one attached hydrogen (secondary N) is 2. The third-order valence-electron chi connectivity index (χ3n) is 7.04. The second-order valence-corrected chi connectivity index (χ2v) is 10.4. The van der Waals surface area contributed by atoms with Crippen molar-refractivity contribution in [2.45, 2.75) is 46.2 Å². The van der Waals surface area contributed by atoms with E-state index in [0.29, 0.717) is 16.6 Å². The first-order valence-electron chi connectivity index (χ1n) is 12.6. The van der Waals surface area contributed by atoms with Crippen LogP contribution in [0.1, 0.15) is 53.6 Å². The zero-order valence-electron chi connectivity index (χ0n) is 21.8. The Morgan fingerprint density at radius 3 is 2.55 bits per heavy atom. The summed E-state index contributed by atoms with van der Waals surface area (Å²) in [5.74, 6) is -0.0132. The van der Waals surface area contributed by atoms with Crippen molar-refractivity contribution >= 4 is 46.2 Å². The highest BCUT2D eigenvalue weighted by atomic mass is 35.5. The average molecular weight is 544 g/mol. The Hall–Kier alpha value is -3.68. The summed E-state index contributed by atoms with van der Waals surface area (Å²) in [5.41, 5.74) is 8.00. The number of anilines is 2. The zero-order valence-corrected chi connectivity index (χ0v) is 23.4. The van der Waals surface area contributed by atoms with Gasteiger partial charge in [-0.15, -0.1) is 0 Å². The highest BCUT2D eigenvalue weighted by Gasteiger charge is 2.42. The van der Waals surface area contributed by atoms with Crippen LogP contribution in [0.4, 0.5) is 11.4 Å². The van der Waals surface area contributed by atoms with Gasteiger partial charge in [-0.3, -0.25) is 9.78 Å². The molecule has 38 heavy (non-hydrogen) atoms. The van der Waals surface area contributed by atoms with E-state index in [0.717, 1.165) is 45.3 Å². The Kier molecular flexibility index (Phi) is 7.23. The van der Waals surface area contributed by atoms with Gasteiger partial charge in [0.05, 0.1) is 17.8 Å². The standard InChI is InChI=1S/C30H30ClN5OS/c1-5-27(37)33-25-13-12-23(15-18(25)2)36-29(28(34-30(36)38)26-11-6-7-14-32-26)24-16-19(3)35(20(24)4)22-10-8-9-21(31)17-22/h6-17,28-29H,5H2,1-4H3,(H,33,37)(H,34,38). The molecular formula is C30H30ClN5OS. The van der Waals surface area contributed by atoms with Crippen molar-refractivity contribution in [1.82, 2.24) is 14.9 Å². The van der Waals surface area contributed by atoms with Gasteiger partial charge in [0.2, 0.25) is 5.91 Å². The van der Waals surface area contributed by atoms with Gasteiger partial charge >= 0.3 is 0 Å². The van der Waals surface area contributed by atoms with E-state index in [4.69, 9.17) is 23.8 Å². The average Bonchev–Trinajstić information content (AvgIpc) is 3.40. The quantitative estimate of drug-likeness (QED) is 0.257. The molecule has 2 atom stereocenters. The molecule has 8 heteroatoms. The molecule has 6 nitrogen and oxygen atoms in total. The van der Waals surface area contributed by atoms with Crippen LogP contribution in [-0.4, -0.2) is 20.6 Å². The molecule has 3 heterocycles. The molecule has 1 aliphatic heterocycles. The van der Waals surface area contributed by atoms with Gasteiger partial charge in [-0.2, -0.15) is 0 Å². The molecule has 2 aromatic carbocycles. The summed E-state index contributed by atoms with van der Waals surface area (Å²) in [4.78, 5) is 18.8. The van der Waals surface area contributed by atoms with Crippen molar-refractivity contribution in [3.8, 4) is 5.69 Å². The fourth-order valence-electron chi connectivity index (χ4n) is 5.23. The number of benzene rings is 2. The first kappa shape index (κ1) is 25.9. The number of aryl methyl sites for hydroxylation is 2. The summed E-state index contributed by atoms with van der Waals surface area (Å²) in [6.45, 7) is 8.08. The van der Waals surface area contributed by atoms with E-state index in [9.17, 15) is 4.79 Å². The van der Waals surface area contributed by atoms with Crippen LogP contribution in [0.2, 0.25) is 5.02 Å². The van der Waals surface area contributed by atoms with Crippen molar-refractivity contribution in [2.24, 2.45) is 0 Å². The molecule has 0 radical (unpaired) electrons. The van der Waals surface area contributed by atoms with Gasteiger partial charge in [-0.05, 0) is 98.7 Å². The Morgan fingerprint density at radius 1 is 1.05 bits per heavy atom. The van der Waals surface area contributed by atoms with Crippen LogP contribution in [0.15, 0.2) is 72.9 Å². The monoisotopic (exact) mass is 543 g/mol. The number of halogens is 1. The SMILES string of the molecule is CCC(=O)Nc1ccc(N2C(=S)NC(c3ccccn3)C2c2cc(C)n(-c3cccc(Cl)c3)c2C)cc1C. The molecular weight excluding hydrogens is 514 g/mol. The summed E-state index contributed by atoms with van der Waals surface area (Å²) < 4.78 is 2.23. The predicted octanol–water partition coefficient (Wildman–Crippen LogP) is 6.98. The zero-order chi connectivity index (χ0) is 27.0. The predicted molar refractivity (Wildman–Crippen MR) is 158 cm³/mol. The van der Waals surface area contributed by atoms with Gasteiger partial charge in [0.25, 0.3) is 0 Å². The molecule has 0 bridgehead atoms. The van der Waals surface area contributed by atoms with Crippen LogP contribution in [0.5, 0.6) is 0 Å². The number of aromatic nitrogens is 2. The third-order valence-corrected chi connectivity index (χ3v) is 7.59. The summed E-state index contributed by atoms with van der Waals surface area (Å²) in [6.07, 6.45) is 2.24. The van der Waals surface area contributed by atoms with Crippen LogP contribution < -0.4 is 15.5 Å². The number of amides is 1. The molecule has 2 aromatic heterocycles. The van der Waals surface area contributed by atoms with Gasteiger partial charge in [0, 0.05) is 46.1 Å². The maximum Gasteiger partial charge on any atom is 0.224 e. The number of nitrogens with zero attached hydrogens (tertiary/aromatic N) is 3. The highest BCUT2D eigenvalue weighted by molar-refractivity contribution is 7.80. The van der Waals surface area contributed by atoms with Crippen LogP contribution in [0.25, 0.3) is 5.69 Å². The largest absolute Gasteiger partial charge is 0.351 e. The Balaban J connectivity index is 1.64. The number of hydrogen-bond donors (Lipinski definition) is 2. The summed E-state index contributed by atoms with van der Waals surface area (Å²) >= 11 is 12.3. The van der Waals surface area contributed by atoms with Crippen LogP contribution in [-0.2, 0) is 4.79 Å². The second kappa shape index (κ2) is 10.6. The lowest BCUT2D eigenvalue weighted by Gasteiger charge is -2.29. The molecule has 194 valence electrons. The van der Waals surface area contributed by atoms with Crippen LogP contribution in [0, 0.1) is 20.8 Å². The van der Waals surface area contributed by atoms with Gasteiger partial charge in [0.1, 0.15) is 0 Å². The molecule has 1 fully saturated rings. The van der Waals surface area contributed by atoms with Gasteiger partial charge in [0.15, 0.2) is 5.11 Å². The first-order chi connectivity index (χ1) is 18.3. The number of pyridine rings is 1. The molecule has 2 N–H and O–H groups in total. The lowest BCUT2D eigenvalue weighted by atomic mass is 9.96. The molecule has 1 amide bonds. The number of rotatable bonds is 6. The minimum absolute atomic E-state index is 0.0132. The Bertz CT molecular complexity index is 1520. The van der Waals surface area contributed by atoms with Crippen molar-refractivity contribution in [3.63, 3.8) is 0 Å². The number of carbonyl (C=O) groups is 1. The Labute approximate surface area is 233 Å². The fraction of sp³-hybridized carbons (Fsp3) is 0.233. The summed E-state index contributed by atoms with van der Waals surface area (Å²) in [5, 5.41) is 7.84. The molecule has 0 aliphatic carbocycles. The number of thiocarbonyl (C=S) groups is 1. The van der Waals surface area contributed by atoms with Gasteiger partial charge < -0.3 is 20.1 Å². The molecule has 0 spiro atoms. The molecule has 1 aliphatic rings. The van der Waals surface area contributed by atoms with E-state index in [1.54, 1.807) is 0 Å². The number of hydrogen-bond acceptors (Lipinski definition) is 3. The normalized spacial score (nSPS) is 17.0. The third kappa shape index (κ3) is 4.79. The maximum absolute atomic E-state index is 12.0. The Morgan fingerprint density at radius 2 is 1.87 bits per heavy atom. The van der Waals surface area contributed by atoms with E-state index in [1.807, 2.05) is 68.6 Å². The van der Waals surface area contributed by atoms with Gasteiger partial charge in [-0.25, -0.2) is 0 Å². The molecule has 2 unspecified atom stereocenters. The number of carbonyl (C=O) groups excluding carboxylic acids is 1. The maximum atomic E-state index is 12.0. The molecule has 4 aromatic rings. The van der Waals surface area contributed by atoms with E-state index >= 15 is 0 Å². The van der Waals surface area contributed by atoms with E-state index in [2.05, 4.69) is 57.1 Å². The highest BCUT2D eigenvalue weighted by Crippen LogP contribution is 2.44. The lowest BCUT2D eigenvalue weighted by Crippen LogP contribution is -2.29. The van der Waals surface area contributed by atoms with Crippen molar-refractivity contribution < 1.29 is 4.79 Å². The van der Waals surface area contributed by atoms with E-state index < -0.39 is 0 Å². The topological polar surface area (TPSA) is 62.2 Å². The minimum Gasteiger partial charge on any atom is -0.351 e. The first-order valence-corrected chi connectivity index (χ1v) is 13.4. The second-order valence-electron chi connectivity index (χ2n) is 9.54. The van der Waals surface area contributed by atoms with Crippen LogP contribution >= 0.6 is 23.8 Å². The smallest absolute Gasteiger partial charge is 0.224 e. The van der Waals surface area contributed by atoms with Crippen molar-refractivity contribution in [2.75, 3.05) is 10.2 Å². The molecule has 0 saturated carbocycles. The van der Waals surface area contributed by atoms with E-state index in [-0.39, 0.29) is 18.0 Å². The molecule has 1 saturated heterocycles. The fourth-order valence-corrected chi connectivity index (χ4v) is 5.76. The van der Waals surface area contributed by atoms with Crippen molar-refractivity contribution in [3.05, 3.63) is 106 Å². The van der Waals surface area contributed by atoms with Crippen molar-refractivity contribution in [1.29, 1.82) is 0 Å². The van der Waals surface area contributed by atoms with Gasteiger partial charge in [-0.1, -0.05) is 30.7 Å². The van der Waals surface area contributed by atoms with Crippen LogP contribution in [0.3, 0.4) is 0 Å². The molecule has 5 rings (SSSR count). The van der Waals surface area contributed by atoms with E-state index in [1.165, 1.54) is 0 Å². The summed E-state index contributed by atoms with van der Waals surface area (Å²) in [6, 6.07) is 21.8. The lowest BCUT2D eigenvalue weighted by molar-refractivity contribution is -0.115. The summed E-state index contributed by atoms with van der Waals surface area (Å²) in [7, 11) is 0.